The Hall–Kier alpha value is -2.09. The van der Waals surface area contributed by atoms with E-state index in [1.807, 2.05) is 0 Å². The lowest BCUT2D eigenvalue weighted by atomic mass is 9.71. The van der Waals surface area contributed by atoms with Gasteiger partial charge in [0.05, 0.1) is 5.92 Å². The number of aliphatic carboxylic acids is 1. The summed E-state index contributed by atoms with van der Waals surface area (Å²) in [4.78, 5) is 75.1. The smallest absolute Gasteiger partial charge is 0.338 e. The first-order valence-electron chi connectivity index (χ1n) is 35.1. The third-order valence-electron chi connectivity index (χ3n) is 17.2. The normalized spacial score (nSPS) is 12.7. The quantitative estimate of drug-likeness (QED) is 0.0457. The standard InChI is InChI=1S/C70H134N2O6/c1-5-9-13-17-21-25-29-33-37-41-45-49-53-59-65(73)64(58-57-63-71)70(69(77)78,66(74)60-54-50-46-42-38-34-30-26-22-18-14-10-6-2)72(67(75)61-55-51-47-43-39-35-31-27-23-19-15-11-7-3)68(76)62-56-52-48-44-40-36-32-28-24-20-16-12-8-4/h64H,5-63,71H2,1-4H3,(H,77,78)/t64?,70-/m1/s1. The molecule has 1 unspecified atom stereocenters. The molecule has 2 amide bonds. The lowest BCUT2D eigenvalue weighted by Crippen LogP contribution is -2.69. The average molecular weight is 1100 g/mol. The molecule has 78 heavy (non-hydrogen) atoms. The fourth-order valence-electron chi connectivity index (χ4n) is 12.1. The highest BCUT2D eigenvalue weighted by molar-refractivity contribution is 6.18. The lowest BCUT2D eigenvalue weighted by molar-refractivity contribution is -0.177. The largest absolute Gasteiger partial charge is 0.479 e. The Kier molecular flexibility index (Phi) is 56.6. The summed E-state index contributed by atoms with van der Waals surface area (Å²) in [7, 11) is 0. The minimum Gasteiger partial charge on any atom is -0.479 e. The molecule has 0 saturated carbocycles. The van der Waals surface area contributed by atoms with E-state index in [4.69, 9.17) is 5.73 Å². The molecule has 0 aliphatic heterocycles. The molecule has 0 fully saturated rings. The molecule has 0 rings (SSSR count). The number of carbonyl (C=O) groups is 5. The second-order valence-corrected chi connectivity index (χ2v) is 24.5. The number of unbranched alkanes of at least 4 members (excludes halogenated alkanes) is 48. The van der Waals surface area contributed by atoms with Gasteiger partial charge in [-0.05, 0) is 45.1 Å². The maximum absolute atomic E-state index is 15.2. The number of nitrogens with two attached hydrogens (primary N) is 1. The molecule has 0 aliphatic rings. The van der Waals surface area contributed by atoms with Crippen LogP contribution < -0.4 is 5.73 Å². The molecule has 0 saturated heterocycles. The van der Waals surface area contributed by atoms with Crippen LogP contribution in [0.5, 0.6) is 0 Å². The van der Waals surface area contributed by atoms with E-state index in [-0.39, 0.29) is 44.4 Å². The van der Waals surface area contributed by atoms with E-state index in [0.717, 1.165) is 101 Å². The summed E-state index contributed by atoms with van der Waals surface area (Å²) in [6.07, 6.45) is 59.9. The molecule has 0 aromatic carbocycles. The maximum Gasteiger partial charge on any atom is 0.338 e. The Labute approximate surface area is 485 Å². The van der Waals surface area contributed by atoms with Crippen LogP contribution >= 0.6 is 0 Å². The third kappa shape index (κ3) is 41.0. The number of Topliss-reactive ketones (excluding diaryl/α,β-unsaturated/α-hetero) is 2. The van der Waals surface area contributed by atoms with Crippen molar-refractivity contribution < 1.29 is 29.1 Å². The van der Waals surface area contributed by atoms with Crippen molar-refractivity contribution >= 4 is 29.4 Å². The molecule has 0 aliphatic carbocycles. The first-order valence-corrected chi connectivity index (χ1v) is 35.1. The van der Waals surface area contributed by atoms with Gasteiger partial charge in [-0.25, -0.2) is 4.79 Å². The second-order valence-electron chi connectivity index (χ2n) is 24.5. The van der Waals surface area contributed by atoms with Crippen molar-refractivity contribution in [2.75, 3.05) is 6.54 Å². The van der Waals surface area contributed by atoms with Crippen molar-refractivity contribution in [2.24, 2.45) is 11.7 Å². The average Bonchev–Trinajstić information content (AvgIpc) is 3.60. The number of carboxylic acids is 1. The van der Waals surface area contributed by atoms with Gasteiger partial charge in [0.15, 0.2) is 5.78 Å². The predicted octanol–water partition coefficient (Wildman–Crippen LogP) is 21.6. The first kappa shape index (κ1) is 75.9. The van der Waals surface area contributed by atoms with Crippen LogP contribution in [0.3, 0.4) is 0 Å². The number of amides is 2. The van der Waals surface area contributed by atoms with Crippen molar-refractivity contribution in [1.29, 1.82) is 0 Å². The van der Waals surface area contributed by atoms with Gasteiger partial charge in [0.2, 0.25) is 17.4 Å². The van der Waals surface area contributed by atoms with E-state index >= 15 is 4.79 Å². The number of imide groups is 1. The van der Waals surface area contributed by atoms with Gasteiger partial charge in [0.1, 0.15) is 5.78 Å². The Morgan fingerprint density at radius 1 is 0.321 bits per heavy atom. The fourth-order valence-corrected chi connectivity index (χ4v) is 12.1. The van der Waals surface area contributed by atoms with E-state index in [1.165, 1.54) is 212 Å². The number of ketones is 2. The fraction of sp³-hybridized carbons (Fsp3) is 0.929. The van der Waals surface area contributed by atoms with Gasteiger partial charge in [-0.2, -0.15) is 0 Å². The number of carbonyl (C=O) groups excluding carboxylic acids is 4. The van der Waals surface area contributed by atoms with Gasteiger partial charge in [-0.3, -0.25) is 24.1 Å². The monoisotopic (exact) mass is 1100 g/mol. The summed E-state index contributed by atoms with van der Waals surface area (Å²) >= 11 is 0. The van der Waals surface area contributed by atoms with E-state index in [9.17, 15) is 24.3 Å². The summed E-state index contributed by atoms with van der Waals surface area (Å²) in [6, 6.07) is 0. The zero-order chi connectivity index (χ0) is 57.3. The zero-order valence-electron chi connectivity index (χ0n) is 52.8. The summed E-state index contributed by atoms with van der Waals surface area (Å²) in [5, 5.41) is 11.7. The molecule has 8 nitrogen and oxygen atoms in total. The first-order chi connectivity index (χ1) is 38.2. The number of hydrogen-bond acceptors (Lipinski definition) is 6. The van der Waals surface area contributed by atoms with Gasteiger partial charge >= 0.3 is 5.97 Å². The van der Waals surface area contributed by atoms with Crippen molar-refractivity contribution in [2.45, 2.75) is 406 Å². The maximum atomic E-state index is 15.2. The molecule has 0 radical (unpaired) electrons. The molecule has 0 aromatic heterocycles. The Morgan fingerprint density at radius 2 is 0.538 bits per heavy atom. The molecule has 460 valence electrons. The Bertz CT molecular complexity index is 1330. The summed E-state index contributed by atoms with van der Waals surface area (Å²) < 4.78 is 0. The van der Waals surface area contributed by atoms with Gasteiger partial charge in [0.25, 0.3) is 0 Å². The molecule has 0 heterocycles. The lowest BCUT2D eigenvalue weighted by Gasteiger charge is -2.43. The van der Waals surface area contributed by atoms with Crippen molar-refractivity contribution in [3.05, 3.63) is 0 Å². The van der Waals surface area contributed by atoms with Crippen LogP contribution in [0.25, 0.3) is 0 Å². The molecule has 0 spiro atoms. The van der Waals surface area contributed by atoms with Crippen LogP contribution in [-0.2, 0) is 24.0 Å². The Balaban J connectivity index is 6.32. The van der Waals surface area contributed by atoms with Crippen LogP contribution in [0, 0.1) is 5.92 Å². The summed E-state index contributed by atoms with van der Waals surface area (Å²) in [6.45, 7) is 9.23. The highest BCUT2D eigenvalue weighted by Gasteiger charge is 2.61. The molecule has 0 aromatic rings. The highest BCUT2D eigenvalue weighted by Crippen LogP contribution is 2.37. The third-order valence-corrected chi connectivity index (χ3v) is 17.2. The highest BCUT2D eigenvalue weighted by atomic mass is 16.4. The van der Waals surface area contributed by atoms with Gasteiger partial charge < -0.3 is 10.8 Å². The SMILES string of the molecule is CCCCCCCCCCCCCCCC(=O)C(CCCN)[C@](C(=O)O)(C(=O)CCCCCCCCCCCCCCC)N(C(=O)CCCCCCCCCCCCCCC)C(=O)CCCCCCCCCCCCCCC. The molecule has 2 atom stereocenters. The van der Waals surface area contributed by atoms with Crippen LogP contribution in [0.2, 0.25) is 0 Å². The molecule has 0 bridgehead atoms. The number of nitrogens with zero attached hydrogens (tertiary/aromatic N) is 1. The molecule has 8 heteroatoms. The van der Waals surface area contributed by atoms with Gasteiger partial charge in [-0.15, -0.1) is 0 Å². The van der Waals surface area contributed by atoms with Crippen molar-refractivity contribution in [3.63, 3.8) is 0 Å². The molecular weight excluding hydrogens is 965 g/mol. The number of rotatable bonds is 64. The second kappa shape index (κ2) is 58.1. The predicted molar refractivity (Wildman–Crippen MR) is 335 cm³/mol. The van der Waals surface area contributed by atoms with Crippen LogP contribution in [0.4, 0.5) is 0 Å². The van der Waals surface area contributed by atoms with E-state index in [2.05, 4.69) is 27.7 Å². The van der Waals surface area contributed by atoms with E-state index in [1.54, 1.807) is 0 Å². The zero-order valence-corrected chi connectivity index (χ0v) is 52.8. The van der Waals surface area contributed by atoms with Crippen molar-refractivity contribution in [1.82, 2.24) is 4.90 Å². The van der Waals surface area contributed by atoms with Gasteiger partial charge in [-0.1, -0.05) is 336 Å². The molecule has 3 N–H and O–H groups in total. The Morgan fingerprint density at radius 3 is 0.769 bits per heavy atom. The van der Waals surface area contributed by atoms with Crippen LogP contribution in [0.15, 0.2) is 0 Å². The van der Waals surface area contributed by atoms with E-state index in [0.29, 0.717) is 32.1 Å². The van der Waals surface area contributed by atoms with Crippen molar-refractivity contribution in [3.8, 4) is 0 Å². The number of carboxylic acid groups (broad SMARTS) is 1. The van der Waals surface area contributed by atoms with Gasteiger partial charge in [0, 0.05) is 25.7 Å². The summed E-state index contributed by atoms with van der Waals surface area (Å²) in [5.41, 5.74) is 3.53. The topological polar surface area (TPSA) is 135 Å². The minimum absolute atomic E-state index is 0.0141. The van der Waals surface area contributed by atoms with E-state index < -0.39 is 35.0 Å². The van der Waals surface area contributed by atoms with Crippen LogP contribution in [-0.4, -0.2) is 51.4 Å². The molecular formula is C70H134N2O6. The number of hydrogen-bond donors (Lipinski definition) is 2. The van der Waals surface area contributed by atoms with Crippen LogP contribution in [0.1, 0.15) is 400 Å². The summed E-state index contributed by atoms with van der Waals surface area (Å²) in [5.74, 6) is -5.05. The minimum atomic E-state index is -2.58.